The van der Waals surface area contributed by atoms with Crippen molar-refractivity contribution < 1.29 is 65.8 Å². The summed E-state index contributed by atoms with van der Waals surface area (Å²) in [5, 5.41) is 19.9. The Bertz CT molecular complexity index is 1100. The molecule has 178 valence electrons. The van der Waals surface area contributed by atoms with Gasteiger partial charge in [0.05, 0.1) is 4.47 Å². The average molecular weight is 581 g/mol. The fourth-order valence-electron chi connectivity index (χ4n) is 2.21. The number of rotatable bonds is 8. The van der Waals surface area contributed by atoms with Gasteiger partial charge in [0.15, 0.2) is 6.23 Å². The minimum atomic E-state index is -5.88. The van der Waals surface area contributed by atoms with Gasteiger partial charge in [0.25, 0.3) is 11.4 Å². The molecule has 0 aromatic carbocycles. The average Bonchev–Trinajstić information content (AvgIpc) is 2.78. The lowest BCUT2D eigenvalue weighted by Crippen LogP contribution is -2.43. The third kappa shape index (κ3) is 6.69. The number of hydrogen-bond acceptors (Lipinski definition) is 11. The van der Waals surface area contributed by atoms with Crippen molar-refractivity contribution in [1.29, 1.82) is 0 Å². The van der Waals surface area contributed by atoms with Crippen molar-refractivity contribution >= 4 is 39.4 Å². The molecule has 0 saturated carbocycles. The van der Waals surface area contributed by atoms with Crippen molar-refractivity contribution in [2.24, 2.45) is 0 Å². The van der Waals surface area contributed by atoms with E-state index in [1.165, 1.54) is 0 Å². The summed E-state index contributed by atoms with van der Waals surface area (Å²) in [6.45, 7) is -1.76. The van der Waals surface area contributed by atoms with E-state index in [1.807, 2.05) is 0 Å². The standard InChI is InChI=1S/C9H13BrFN2O15P3/c10-3-1-13(8(17)12-6(3)16)7-4(14)5(15)9(11,26-7)2-25-30(21,22)28-31(23,24)27-29(18,19)20/h1,4-5,7,14-15H,2H2,(H,21,22)(H,23,24)(H,12,16,17)(H2,18,19,20)/t4-,5+,7?,9-/m1/s1. The zero-order chi connectivity index (χ0) is 24.0. The molecule has 3 unspecified atom stereocenters. The van der Waals surface area contributed by atoms with Crippen LogP contribution in [0.3, 0.4) is 0 Å². The highest BCUT2D eigenvalue weighted by Crippen LogP contribution is 2.66. The molecule has 31 heavy (non-hydrogen) atoms. The van der Waals surface area contributed by atoms with Crippen molar-refractivity contribution in [2.45, 2.75) is 24.3 Å². The molecule has 7 N–H and O–H groups in total. The maximum absolute atomic E-state index is 14.9. The number of aromatic amines is 1. The molecular weight excluding hydrogens is 568 g/mol. The first-order valence-electron chi connectivity index (χ1n) is 7.38. The van der Waals surface area contributed by atoms with Crippen LogP contribution >= 0.6 is 39.4 Å². The number of nitrogens with zero attached hydrogens (tertiary/aromatic N) is 1. The summed E-state index contributed by atoms with van der Waals surface area (Å²) in [6.07, 6.45) is -5.91. The minimum absolute atomic E-state index is 0.248. The minimum Gasteiger partial charge on any atom is -0.385 e. The number of H-pyrrole nitrogens is 1. The smallest absolute Gasteiger partial charge is 0.385 e. The monoisotopic (exact) mass is 580 g/mol. The maximum atomic E-state index is 14.9. The molecule has 0 amide bonds. The Hall–Kier alpha value is -0.620. The number of nitrogens with one attached hydrogen (secondary N) is 1. The Kier molecular flexibility index (Phi) is 7.70. The molecule has 0 aliphatic carbocycles. The van der Waals surface area contributed by atoms with Crippen molar-refractivity contribution in [3.05, 3.63) is 31.5 Å². The van der Waals surface area contributed by atoms with Gasteiger partial charge in [0, 0.05) is 6.20 Å². The molecule has 0 spiro atoms. The van der Waals surface area contributed by atoms with Crippen molar-refractivity contribution in [1.82, 2.24) is 9.55 Å². The fraction of sp³-hybridized carbons (Fsp3) is 0.556. The second-order valence-corrected chi connectivity index (χ2v) is 11.0. The van der Waals surface area contributed by atoms with Crippen LogP contribution in [0.2, 0.25) is 0 Å². The quantitative estimate of drug-likeness (QED) is 0.173. The van der Waals surface area contributed by atoms with Gasteiger partial charge in [-0.3, -0.25) is 18.9 Å². The second-order valence-electron chi connectivity index (χ2n) is 5.74. The van der Waals surface area contributed by atoms with Crippen molar-refractivity contribution in [3.8, 4) is 0 Å². The third-order valence-electron chi connectivity index (χ3n) is 3.41. The van der Waals surface area contributed by atoms with Crippen molar-refractivity contribution in [2.75, 3.05) is 6.61 Å². The highest BCUT2D eigenvalue weighted by atomic mass is 79.9. The number of phosphoric acid groups is 3. The number of phosphoric ester groups is 1. The summed E-state index contributed by atoms with van der Waals surface area (Å²) in [5.41, 5.74) is -2.07. The van der Waals surface area contributed by atoms with Crippen LogP contribution in [-0.4, -0.2) is 64.0 Å². The van der Waals surface area contributed by atoms with Crippen LogP contribution in [0.15, 0.2) is 20.3 Å². The second kappa shape index (κ2) is 8.96. The molecule has 1 aliphatic heterocycles. The lowest BCUT2D eigenvalue weighted by Gasteiger charge is -2.24. The Labute approximate surface area is 177 Å². The first kappa shape index (κ1) is 26.6. The number of aromatic nitrogens is 2. The largest absolute Gasteiger partial charge is 0.490 e. The van der Waals surface area contributed by atoms with Crippen LogP contribution in [0, 0.1) is 0 Å². The lowest BCUT2D eigenvalue weighted by molar-refractivity contribution is -0.205. The van der Waals surface area contributed by atoms with Gasteiger partial charge in [-0.05, 0) is 15.9 Å². The van der Waals surface area contributed by atoms with Crippen LogP contribution in [-0.2, 0) is 31.6 Å². The van der Waals surface area contributed by atoms with Gasteiger partial charge in [-0.1, -0.05) is 0 Å². The number of hydrogen-bond donors (Lipinski definition) is 7. The summed E-state index contributed by atoms with van der Waals surface area (Å²) in [6, 6.07) is 0. The molecule has 1 aromatic rings. The first-order chi connectivity index (χ1) is 13.9. The van der Waals surface area contributed by atoms with E-state index in [-0.39, 0.29) is 4.47 Å². The predicted molar refractivity (Wildman–Crippen MR) is 94.8 cm³/mol. The molecular formula is C9H13BrFN2O15P3. The first-order valence-corrected chi connectivity index (χ1v) is 12.7. The van der Waals surface area contributed by atoms with Gasteiger partial charge >= 0.3 is 29.2 Å². The van der Waals surface area contributed by atoms with E-state index in [4.69, 9.17) is 19.4 Å². The summed E-state index contributed by atoms with van der Waals surface area (Å²) < 4.78 is 64.2. The SMILES string of the molecule is O=c1[nH]c(=O)n(C2O[C@](F)(COP(=O)(O)OP(=O)(O)OP(=O)(O)O)[C@@H](O)[C@H]2O)cc1Br. The fourth-order valence-corrected chi connectivity index (χ4v) is 5.57. The van der Waals surface area contributed by atoms with Crippen LogP contribution in [0.25, 0.3) is 0 Å². The number of aliphatic hydroxyl groups excluding tert-OH is 2. The van der Waals surface area contributed by atoms with E-state index >= 15 is 0 Å². The number of aliphatic hydroxyl groups is 2. The third-order valence-corrected chi connectivity index (χ3v) is 7.76. The summed E-state index contributed by atoms with van der Waals surface area (Å²) in [5.74, 6) is -3.52. The normalized spacial score (nSPS) is 30.6. The molecule has 6 atom stereocenters. The number of ether oxygens (including phenoxy) is 1. The van der Waals surface area contributed by atoms with Gasteiger partial charge in [-0.2, -0.15) is 8.62 Å². The molecule has 17 nitrogen and oxygen atoms in total. The van der Waals surface area contributed by atoms with Crippen LogP contribution in [0.1, 0.15) is 6.23 Å². The van der Waals surface area contributed by atoms with E-state index in [0.717, 1.165) is 6.20 Å². The van der Waals surface area contributed by atoms with Gasteiger partial charge in [0.1, 0.15) is 18.8 Å². The predicted octanol–water partition coefficient (Wildman–Crippen LogP) is -1.44. The van der Waals surface area contributed by atoms with E-state index in [2.05, 4.69) is 29.1 Å². The Morgan fingerprint density at radius 1 is 1.16 bits per heavy atom. The zero-order valence-corrected chi connectivity index (χ0v) is 18.7. The molecule has 0 radical (unpaired) electrons. The summed E-state index contributed by atoms with van der Waals surface area (Å²) in [4.78, 5) is 60.2. The van der Waals surface area contributed by atoms with Crippen molar-refractivity contribution in [3.63, 3.8) is 0 Å². The highest BCUT2D eigenvalue weighted by Gasteiger charge is 2.57. The zero-order valence-electron chi connectivity index (χ0n) is 14.4. The molecule has 1 aromatic heterocycles. The maximum Gasteiger partial charge on any atom is 0.490 e. The molecule has 1 fully saturated rings. The molecule has 2 heterocycles. The van der Waals surface area contributed by atoms with Crippen LogP contribution in [0.4, 0.5) is 4.39 Å². The topological polar surface area (TPSA) is 264 Å². The summed E-state index contributed by atoms with van der Waals surface area (Å²) in [7, 11) is -17.3. The lowest BCUT2D eigenvalue weighted by atomic mass is 10.1. The van der Waals surface area contributed by atoms with Crippen LogP contribution < -0.4 is 11.2 Å². The summed E-state index contributed by atoms with van der Waals surface area (Å²) >= 11 is 2.77. The Morgan fingerprint density at radius 3 is 2.29 bits per heavy atom. The van der Waals surface area contributed by atoms with E-state index in [0.29, 0.717) is 4.57 Å². The van der Waals surface area contributed by atoms with E-state index in [9.17, 15) is 42.8 Å². The van der Waals surface area contributed by atoms with Gasteiger partial charge in [-0.15, -0.1) is 0 Å². The molecule has 2 rings (SSSR count). The molecule has 1 aliphatic rings. The van der Waals surface area contributed by atoms with Crippen LogP contribution in [0.5, 0.6) is 0 Å². The van der Waals surface area contributed by atoms with Gasteiger partial charge < -0.3 is 34.5 Å². The Balaban J connectivity index is 2.18. The number of halogens is 2. The number of alkyl halides is 1. The highest BCUT2D eigenvalue weighted by molar-refractivity contribution is 9.10. The molecule has 0 bridgehead atoms. The molecule has 22 heteroatoms. The van der Waals surface area contributed by atoms with Gasteiger partial charge in [-0.25, -0.2) is 22.9 Å². The van der Waals surface area contributed by atoms with Gasteiger partial charge in [0.2, 0.25) is 0 Å². The Morgan fingerprint density at radius 2 is 1.74 bits per heavy atom. The van der Waals surface area contributed by atoms with E-state index in [1.54, 1.807) is 4.98 Å². The van der Waals surface area contributed by atoms with E-state index < -0.39 is 65.6 Å². The molecule has 1 saturated heterocycles.